The molecule has 0 unspecified atom stereocenters. The molecule has 4 rings (SSSR count). The summed E-state index contributed by atoms with van der Waals surface area (Å²) in [7, 11) is 3.13. The molecule has 4 nitrogen and oxygen atoms in total. The predicted molar refractivity (Wildman–Crippen MR) is 106 cm³/mol. The lowest BCUT2D eigenvalue weighted by molar-refractivity contribution is 0.355. The van der Waals surface area contributed by atoms with Crippen LogP contribution >= 0.6 is 15.9 Å². The van der Waals surface area contributed by atoms with E-state index in [4.69, 9.17) is 13.9 Å². The second kappa shape index (κ2) is 6.50. The number of hydrogen-bond donors (Lipinski definition) is 0. The van der Waals surface area contributed by atoms with Crippen LogP contribution in [-0.4, -0.2) is 14.2 Å². The summed E-state index contributed by atoms with van der Waals surface area (Å²) in [5.74, 6) is 1.13. The minimum atomic E-state index is -0.402. The molecule has 4 aromatic rings. The Labute approximate surface area is 158 Å². The maximum atomic E-state index is 12.6. The highest BCUT2D eigenvalue weighted by Crippen LogP contribution is 2.38. The Kier molecular flexibility index (Phi) is 4.17. The van der Waals surface area contributed by atoms with Crippen LogP contribution in [0.4, 0.5) is 0 Å². The summed E-state index contributed by atoms with van der Waals surface area (Å²) in [6.45, 7) is 0. The first kappa shape index (κ1) is 16.7. The van der Waals surface area contributed by atoms with E-state index < -0.39 is 5.63 Å². The fourth-order valence-corrected chi connectivity index (χ4v) is 3.66. The standard InChI is InChI=1S/C21H15BrO4/c1-24-19-10-14(17(22)11-20(19)25-2)16-9-15-13-6-4-3-5-12(13)7-8-18(15)26-21(16)23/h3-11H,1-2H3. The average molecular weight is 411 g/mol. The zero-order valence-electron chi connectivity index (χ0n) is 14.2. The fourth-order valence-electron chi connectivity index (χ4n) is 3.12. The van der Waals surface area contributed by atoms with E-state index in [1.165, 1.54) is 0 Å². The maximum Gasteiger partial charge on any atom is 0.344 e. The van der Waals surface area contributed by atoms with Crippen molar-refractivity contribution in [3.8, 4) is 22.6 Å². The van der Waals surface area contributed by atoms with Gasteiger partial charge < -0.3 is 13.9 Å². The van der Waals surface area contributed by atoms with Crippen molar-refractivity contribution in [1.29, 1.82) is 0 Å². The molecular formula is C21H15BrO4. The van der Waals surface area contributed by atoms with Crippen LogP contribution < -0.4 is 15.1 Å². The summed E-state index contributed by atoms with van der Waals surface area (Å²) in [6, 6.07) is 17.2. The van der Waals surface area contributed by atoms with Crippen molar-refractivity contribution in [2.24, 2.45) is 0 Å². The molecule has 0 saturated carbocycles. The van der Waals surface area contributed by atoms with Crippen molar-refractivity contribution in [2.45, 2.75) is 0 Å². The van der Waals surface area contributed by atoms with Gasteiger partial charge in [0.15, 0.2) is 11.5 Å². The molecule has 5 heteroatoms. The fraction of sp³-hybridized carbons (Fsp3) is 0.0952. The van der Waals surface area contributed by atoms with Gasteiger partial charge in [0.25, 0.3) is 0 Å². The van der Waals surface area contributed by atoms with Gasteiger partial charge in [-0.2, -0.15) is 0 Å². The molecule has 26 heavy (non-hydrogen) atoms. The van der Waals surface area contributed by atoms with Crippen molar-refractivity contribution in [1.82, 2.24) is 0 Å². The molecule has 0 N–H and O–H groups in total. The summed E-state index contributed by atoms with van der Waals surface area (Å²) < 4.78 is 17.0. The van der Waals surface area contributed by atoms with Gasteiger partial charge >= 0.3 is 5.63 Å². The van der Waals surface area contributed by atoms with Gasteiger partial charge in [-0.25, -0.2) is 4.79 Å². The third kappa shape index (κ3) is 2.65. The Morgan fingerprint density at radius 2 is 1.58 bits per heavy atom. The number of ether oxygens (including phenoxy) is 2. The highest BCUT2D eigenvalue weighted by atomic mass is 79.9. The third-order valence-corrected chi connectivity index (χ3v) is 5.06. The second-order valence-electron chi connectivity index (χ2n) is 5.83. The molecule has 0 aliphatic carbocycles. The van der Waals surface area contributed by atoms with Crippen molar-refractivity contribution >= 4 is 37.7 Å². The molecule has 0 fully saturated rings. The van der Waals surface area contributed by atoms with Crippen LogP contribution in [0.25, 0.3) is 32.9 Å². The van der Waals surface area contributed by atoms with Crippen LogP contribution in [0.5, 0.6) is 11.5 Å². The van der Waals surface area contributed by atoms with Crippen LogP contribution in [0.2, 0.25) is 0 Å². The van der Waals surface area contributed by atoms with Crippen molar-refractivity contribution in [2.75, 3.05) is 14.2 Å². The molecule has 0 bridgehead atoms. The molecule has 1 aromatic heterocycles. The molecule has 0 radical (unpaired) electrons. The lowest BCUT2D eigenvalue weighted by atomic mass is 10.0. The molecule has 0 amide bonds. The molecule has 0 saturated heterocycles. The monoisotopic (exact) mass is 410 g/mol. The smallest absolute Gasteiger partial charge is 0.344 e. The molecule has 130 valence electrons. The molecule has 0 aliphatic rings. The topological polar surface area (TPSA) is 48.7 Å². The van der Waals surface area contributed by atoms with Crippen LogP contribution in [0, 0.1) is 0 Å². The first-order chi connectivity index (χ1) is 12.6. The Morgan fingerprint density at radius 3 is 2.35 bits per heavy atom. The summed E-state index contributed by atoms with van der Waals surface area (Å²) in [5, 5.41) is 3.01. The van der Waals surface area contributed by atoms with Crippen LogP contribution in [-0.2, 0) is 0 Å². The average Bonchev–Trinajstić information content (AvgIpc) is 2.67. The van der Waals surface area contributed by atoms with Crippen LogP contribution in [0.1, 0.15) is 0 Å². The van der Waals surface area contributed by atoms with Crippen molar-refractivity contribution in [3.63, 3.8) is 0 Å². The van der Waals surface area contributed by atoms with E-state index in [-0.39, 0.29) is 0 Å². The number of benzene rings is 3. The Balaban J connectivity index is 2.04. The summed E-state index contributed by atoms with van der Waals surface area (Å²) in [5.41, 5.74) is 1.31. The molecule has 0 aliphatic heterocycles. The van der Waals surface area contributed by atoms with Gasteiger partial charge in [0.05, 0.1) is 19.8 Å². The van der Waals surface area contributed by atoms with Gasteiger partial charge in [-0.15, -0.1) is 0 Å². The highest BCUT2D eigenvalue weighted by Gasteiger charge is 2.16. The van der Waals surface area contributed by atoms with Gasteiger partial charge in [-0.3, -0.25) is 0 Å². The highest BCUT2D eigenvalue weighted by molar-refractivity contribution is 9.10. The Hall–Kier alpha value is -2.79. The predicted octanol–water partition coefficient (Wildman–Crippen LogP) is 5.39. The Morgan fingerprint density at radius 1 is 0.846 bits per heavy atom. The number of methoxy groups -OCH3 is 2. The van der Waals surface area contributed by atoms with E-state index in [1.54, 1.807) is 26.4 Å². The van der Waals surface area contributed by atoms with E-state index in [0.29, 0.717) is 28.2 Å². The van der Waals surface area contributed by atoms with Crippen molar-refractivity contribution < 1.29 is 13.9 Å². The third-order valence-electron chi connectivity index (χ3n) is 4.41. The summed E-state index contributed by atoms with van der Waals surface area (Å²) >= 11 is 3.52. The number of fused-ring (bicyclic) bond motifs is 3. The van der Waals surface area contributed by atoms with E-state index >= 15 is 0 Å². The van der Waals surface area contributed by atoms with Crippen molar-refractivity contribution in [3.05, 3.63) is 69.5 Å². The number of rotatable bonds is 3. The quantitative estimate of drug-likeness (QED) is 0.335. The van der Waals surface area contributed by atoms with E-state index in [0.717, 1.165) is 20.6 Å². The summed E-state index contributed by atoms with van der Waals surface area (Å²) in [4.78, 5) is 12.6. The van der Waals surface area contributed by atoms with E-state index in [1.807, 2.05) is 42.5 Å². The molecule has 3 aromatic carbocycles. The zero-order valence-corrected chi connectivity index (χ0v) is 15.8. The minimum absolute atomic E-state index is 0.402. The summed E-state index contributed by atoms with van der Waals surface area (Å²) in [6.07, 6.45) is 0. The van der Waals surface area contributed by atoms with E-state index in [2.05, 4.69) is 15.9 Å². The molecule has 1 heterocycles. The van der Waals surface area contributed by atoms with Crippen LogP contribution in [0.3, 0.4) is 0 Å². The van der Waals surface area contributed by atoms with Gasteiger partial charge in [-0.05, 0) is 35.0 Å². The van der Waals surface area contributed by atoms with Crippen LogP contribution in [0.15, 0.2) is 68.3 Å². The molecule has 0 spiro atoms. The van der Waals surface area contributed by atoms with Gasteiger partial charge in [-0.1, -0.05) is 46.3 Å². The minimum Gasteiger partial charge on any atom is -0.493 e. The SMILES string of the molecule is COc1cc(Br)c(-c2cc3c(ccc4ccccc43)oc2=O)cc1OC. The normalized spacial score (nSPS) is 11.0. The second-order valence-corrected chi connectivity index (χ2v) is 6.69. The van der Waals surface area contributed by atoms with E-state index in [9.17, 15) is 4.79 Å². The lowest BCUT2D eigenvalue weighted by Crippen LogP contribution is -2.04. The first-order valence-electron chi connectivity index (χ1n) is 8.00. The zero-order chi connectivity index (χ0) is 18.3. The lowest BCUT2D eigenvalue weighted by Gasteiger charge is -2.12. The van der Waals surface area contributed by atoms with Gasteiger partial charge in [0.2, 0.25) is 0 Å². The molecule has 0 atom stereocenters. The maximum absolute atomic E-state index is 12.6. The first-order valence-corrected chi connectivity index (χ1v) is 8.79. The van der Waals surface area contributed by atoms with Gasteiger partial charge in [0.1, 0.15) is 5.58 Å². The number of hydrogen-bond acceptors (Lipinski definition) is 4. The Bertz CT molecular complexity index is 1190. The molecular weight excluding hydrogens is 396 g/mol. The largest absolute Gasteiger partial charge is 0.493 e. The van der Waals surface area contributed by atoms with Gasteiger partial charge in [0, 0.05) is 15.4 Å². The number of halogens is 1.